The zero-order valence-electron chi connectivity index (χ0n) is 9.35. The number of imidazole rings is 1. The monoisotopic (exact) mass is 239 g/mol. The predicted octanol–water partition coefficient (Wildman–Crippen LogP) is 1.95. The molecule has 2 heterocycles. The molecule has 0 amide bonds. The van der Waals surface area contributed by atoms with Crippen LogP contribution in [0.2, 0.25) is 0 Å². The second-order valence-electron chi connectivity index (χ2n) is 3.66. The molecule has 0 saturated heterocycles. The van der Waals surface area contributed by atoms with Crippen LogP contribution in [-0.2, 0) is 0 Å². The van der Waals surface area contributed by atoms with E-state index in [9.17, 15) is 4.79 Å². The second-order valence-corrected chi connectivity index (χ2v) is 3.66. The molecule has 5 heteroatoms. The van der Waals surface area contributed by atoms with Crippen LogP contribution in [0, 0.1) is 0 Å². The van der Waals surface area contributed by atoms with E-state index in [1.54, 1.807) is 48.8 Å². The second kappa shape index (κ2) is 4.29. The van der Waals surface area contributed by atoms with Gasteiger partial charge in [0.15, 0.2) is 11.3 Å². The van der Waals surface area contributed by atoms with Crippen molar-refractivity contribution in [2.45, 2.75) is 0 Å². The van der Waals surface area contributed by atoms with Crippen molar-refractivity contribution in [1.82, 2.24) is 14.6 Å². The average molecular weight is 239 g/mol. The van der Waals surface area contributed by atoms with E-state index in [-0.39, 0.29) is 5.69 Å². The maximum Gasteiger partial charge on any atom is 0.364 e. The fourth-order valence-corrected chi connectivity index (χ4v) is 1.58. The summed E-state index contributed by atoms with van der Waals surface area (Å²) in [5, 5.41) is 4.04. The number of rotatable bonds is 2. The molecule has 5 nitrogen and oxygen atoms in total. The van der Waals surface area contributed by atoms with Crippen LogP contribution < -0.4 is 4.74 Å². The summed E-state index contributed by atoms with van der Waals surface area (Å²) in [7, 11) is 0. The largest absolute Gasteiger partial charge is 0.422 e. The van der Waals surface area contributed by atoms with Crippen LogP contribution in [0.25, 0.3) is 5.65 Å². The van der Waals surface area contributed by atoms with Gasteiger partial charge in [-0.25, -0.2) is 14.3 Å². The normalized spacial score (nSPS) is 10.4. The molecule has 88 valence electrons. The first-order valence-electron chi connectivity index (χ1n) is 5.40. The summed E-state index contributed by atoms with van der Waals surface area (Å²) in [6.07, 6.45) is 3.17. The van der Waals surface area contributed by atoms with Gasteiger partial charge < -0.3 is 4.74 Å². The van der Waals surface area contributed by atoms with E-state index in [1.165, 1.54) is 4.52 Å². The maximum absolute atomic E-state index is 11.9. The van der Waals surface area contributed by atoms with Gasteiger partial charge in [0.05, 0.1) is 6.20 Å². The van der Waals surface area contributed by atoms with Gasteiger partial charge in [-0.05, 0) is 24.3 Å². The van der Waals surface area contributed by atoms with Gasteiger partial charge in [-0.3, -0.25) is 0 Å². The lowest BCUT2D eigenvalue weighted by Crippen LogP contribution is -2.08. The Morgan fingerprint density at radius 1 is 1.11 bits per heavy atom. The van der Waals surface area contributed by atoms with Crippen LogP contribution in [0.1, 0.15) is 10.5 Å². The van der Waals surface area contributed by atoms with Crippen molar-refractivity contribution >= 4 is 11.6 Å². The van der Waals surface area contributed by atoms with E-state index in [0.717, 1.165) is 0 Å². The van der Waals surface area contributed by atoms with E-state index < -0.39 is 5.97 Å². The van der Waals surface area contributed by atoms with Gasteiger partial charge in [0.2, 0.25) is 0 Å². The average Bonchev–Trinajstić information content (AvgIpc) is 2.84. The first-order valence-corrected chi connectivity index (χ1v) is 5.40. The summed E-state index contributed by atoms with van der Waals surface area (Å²) in [5.74, 6) is -0.000727. The molecule has 0 aliphatic rings. The standard InChI is InChI=1S/C13H9N3O2/c17-13(18-10-5-2-1-3-6-10)11-9-16-12(15-11)7-4-8-14-16/h1-9H. The molecule has 18 heavy (non-hydrogen) atoms. The molecule has 0 radical (unpaired) electrons. The summed E-state index contributed by atoms with van der Waals surface area (Å²) in [6.45, 7) is 0. The smallest absolute Gasteiger partial charge is 0.364 e. The third kappa shape index (κ3) is 1.93. The number of fused-ring (bicyclic) bond motifs is 1. The zero-order valence-corrected chi connectivity index (χ0v) is 9.35. The van der Waals surface area contributed by atoms with Crippen LogP contribution in [0.4, 0.5) is 0 Å². The minimum Gasteiger partial charge on any atom is -0.422 e. The lowest BCUT2D eigenvalue weighted by Gasteiger charge is -2.00. The Labute approximate surface area is 103 Å². The highest BCUT2D eigenvalue weighted by Gasteiger charge is 2.13. The van der Waals surface area contributed by atoms with Crippen molar-refractivity contribution in [2.24, 2.45) is 0 Å². The van der Waals surface area contributed by atoms with Crippen LogP contribution in [-0.4, -0.2) is 20.6 Å². The molecule has 0 spiro atoms. The first kappa shape index (κ1) is 10.5. The Hall–Kier alpha value is -2.69. The molecule has 0 unspecified atom stereocenters. The van der Waals surface area contributed by atoms with E-state index in [4.69, 9.17) is 4.74 Å². The molecule has 0 N–H and O–H groups in total. The number of nitrogens with zero attached hydrogens (tertiary/aromatic N) is 3. The highest BCUT2D eigenvalue weighted by molar-refractivity contribution is 5.89. The van der Waals surface area contributed by atoms with Crippen molar-refractivity contribution in [1.29, 1.82) is 0 Å². The van der Waals surface area contributed by atoms with E-state index in [2.05, 4.69) is 10.1 Å². The van der Waals surface area contributed by atoms with E-state index in [0.29, 0.717) is 11.4 Å². The highest BCUT2D eigenvalue weighted by Crippen LogP contribution is 2.11. The van der Waals surface area contributed by atoms with Gasteiger partial charge >= 0.3 is 5.97 Å². The summed E-state index contributed by atoms with van der Waals surface area (Å²) in [4.78, 5) is 16.0. The van der Waals surface area contributed by atoms with Crippen LogP contribution in [0.15, 0.2) is 54.9 Å². The van der Waals surface area contributed by atoms with Crippen molar-refractivity contribution in [3.8, 4) is 5.75 Å². The Morgan fingerprint density at radius 2 is 1.94 bits per heavy atom. The molecule has 0 saturated carbocycles. The number of carbonyl (C=O) groups is 1. The molecular weight excluding hydrogens is 230 g/mol. The van der Waals surface area contributed by atoms with Crippen molar-refractivity contribution < 1.29 is 9.53 Å². The summed E-state index contributed by atoms with van der Waals surface area (Å²) >= 11 is 0. The number of ether oxygens (including phenoxy) is 1. The summed E-state index contributed by atoms with van der Waals surface area (Å²) in [5.41, 5.74) is 0.843. The minimum atomic E-state index is -0.494. The number of esters is 1. The van der Waals surface area contributed by atoms with Gasteiger partial charge in [-0.15, -0.1) is 0 Å². The molecule has 3 rings (SSSR count). The topological polar surface area (TPSA) is 56.5 Å². The molecule has 2 aromatic heterocycles. The number of hydrogen-bond donors (Lipinski definition) is 0. The number of carbonyl (C=O) groups excluding carboxylic acids is 1. The molecule has 3 aromatic rings. The van der Waals surface area contributed by atoms with Crippen molar-refractivity contribution in [3.63, 3.8) is 0 Å². The Kier molecular flexibility index (Phi) is 2.49. The lowest BCUT2D eigenvalue weighted by molar-refractivity contribution is 0.0729. The number of hydrogen-bond acceptors (Lipinski definition) is 4. The lowest BCUT2D eigenvalue weighted by atomic mass is 10.3. The third-order valence-electron chi connectivity index (χ3n) is 2.40. The SMILES string of the molecule is O=C(Oc1ccccc1)c1cn2ncccc2n1. The maximum atomic E-state index is 11.9. The predicted molar refractivity (Wildman–Crippen MR) is 64.4 cm³/mol. The Balaban J connectivity index is 1.88. The van der Waals surface area contributed by atoms with Gasteiger partial charge in [-0.2, -0.15) is 5.10 Å². The molecule has 0 aliphatic carbocycles. The van der Waals surface area contributed by atoms with Crippen LogP contribution in [0.5, 0.6) is 5.75 Å². The molecule has 0 bridgehead atoms. The highest BCUT2D eigenvalue weighted by atomic mass is 16.5. The fourth-order valence-electron chi connectivity index (χ4n) is 1.58. The van der Waals surface area contributed by atoms with Crippen LogP contribution in [0.3, 0.4) is 0 Å². The number of aromatic nitrogens is 3. The Morgan fingerprint density at radius 3 is 2.72 bits per heavy atom. The molecular formula is C13H9N3O2. The minimum absolute atomic E-state index is 0.234. The van der Waals surface area contributed by atoms with Gasteiger partial charge in [0.25, 0.3) is 0 Å². The zero-order chi connectivity index (χ0) is 12.4. The molecule has 0 aliphatic heterocycles. The molecule has 1 aromatic carbocycles. The first-order chi connectivity index (χ1) is 8.83. The van der Waals surface area contributed by atoms with Gasteiger partial charge in [-0.1, -0.05) is 18.2 Å². The number of benzene rings is 1. The fraction of sp³-hybridized carbons (Fsp3) is 0. The third-order valence-corrected chi connectivity index (χ3v) is 2.40. The van der Waals surface area contributed by atoms with Crippen molar-refractivity contribution in [2.75, 3.05) is 0 Å². The van der Waals surface area contributed by atoms with Gasteiger partial charge in [0.1, 0.15) is 5.75 Å². The Bertz CT molecular complexity index is 659. The van der Waals surface area contributed by atoms with Crippen molar-refractivity contribution in [3.05, 3.63) is 60.6 Å². The summed E-state index contributed by atoms with van der Waals surface area (Å²) < 4.78 is 6.72. The number of para-hydroxylation sites is 1. The van der Waals surface area contributed by atoms with E-state index in [1.807, 2.05) is 6.07 Å². The molecule has 0 atom stereocenters. The van der Waals surface area contributed by atoms with Gasteiger partial charge in [0, 0.05) is 6.20 Å². The quantitative estimate of drug-likeness (QED) is 0.506. The van der Waals surface area contributed by atoms with Crippen LogP contribution >= 0.6 is 0 Å². The molecule has 0 fully saturated rings. The summed E-state index contributed by atoms with van der Waals surface area (Å²) in [6, 6.07) is 12.4. The van der Waals surface area contributed by atoms with E-state index >= 15 is 0 Å².